The highest BCUT2D eigenvalue weighted by Gasteiger charge is 2.34. The van der Waals surface area contributed by atoms with Gasteiger partial charge in [-0.05, 0) is 36.8 Å². The number of aromatic nitrogens is 2. The maximum Gasteiger partial charge on any atom is 0.257 e. The van der Waals surface area contributed by atoms with Gasteiger partial charge in [-0.2, -0.15) is 5.10 Å². The zero-order valence-corrected chi connectivity index (χ0v) is 15.6. The van der Waals surface area contributed by atoms with Crippen LogP contribution in [0.5, 0.6) is 5.75 Å². The minimum absolute atomic E-state index is 0.0233. The Kier molecular flexibility index (Phi) is 6.08. The van der Waals surface area contributed by atoms with E-state index < -0.39 is 0 Å². The molecule has 1 aromatic carbocycles. The third kappa shape index (κ3) is 4.85. The summed E-state index contributed by atoms with van der Waals surface area (Å²) in [5, 5.41) is 13.1. The molecule has 2 atom stereocenters. The van der Waals surface area contributed by atoms with Gasteiger partial charge < -0.3 is 20.7 Å². The summed E-state index contributed by atoms with van der Waals surface area (Å²) >= 11 is 0. The second-order valence-electron chi connectivity index (χ2n) is 6.57. The molecule has 8 nitrogen and oxygen atoms in total. The van der Waals surface area contributed by atoms with Crippen LogP contribution in [0.1, 0.15) is 18.4 Å². The maximum atomic E-state index is 12.7. The van der Waals surface area contributed by atoms with Crippen LogP contribution in [0, 0.1) is 5.92 Å². The van der Waals surface area contributed by atoms with Crippen LogP contribution in [0.25, 0.3) is 0 Å². The topological polar surface area (TPSA) is 97.3 Å². The molecule has 2 aromatic rings. The predicted octanol–water partition coefficient (Wildman–Crippen LogP) is 0.877. The molecule has 0 radical (unpaired) electrons. The molecular formula is C19H25N5O3. The van der Waals surface area contributed by atoms with E-state index in [1.165, 1.54) is 0 Å². The molecule has 1 aromatic heterocycles. The van der Waals surface area contributed by atoms with Crippen molar-refractivity contribution in [3.05, 3.63) is 42.2 Å². The minimum atomic E-state index is -0.162. The van der Waals surface area contributed by atoms with Gasteiger partial charge in [0, 0.05) is 44.5 Å². The number of anilines is 1. The van der Waals surface area contributed by atoms with Gasteiger partial charge in [0.05, 0.1) is 12.1 Å². The van der Waals surface area contributed by atoms with Gasteiger partial charge in [-0.15, -0.1) is 0 Å². The van der Waals surface area contributed by atoms with Crippen LogP contribution in [0.2, 0.25) is 0 Å². The molecular weight excluding hydrogens is 346 g/mol. The second-order valence-corrected chi connectivity index (χ2v) is 6.57. The van der Waals surface area contributed by atoms with Gasteiger partial charge in [-0.25, -0.2) is 0 Å². The Bertz CT molecular complexity index is 787. The van der Waals surface area contributed by atoms with E-state index in [1.54, 1.807) is 28.9 Å². The van der Waals surface area contributed by atoms with Crippen molar-refractivity contribution < 1.29 is 14.3 Å². The molecule has 8 heteroatoms. The number of carbonyl (C=O) groups excluding carboxylic acids is 2. The van der Waals surface area contributed by atoms with E-state index in [1.807, 2.05) is 26.4 Å². The summed E-state index contributed by atoms with van der Waals surface area (Å²) in [7, 11) is 1.87. The van der Waals surface area contributed by atoms with Crippen molar-refractivity contribution in [2.45, 2.75) is 12.8 Å². The summed E-state index contributed by atoms with van der Waals surface area (Å²) in [4.78, 5) is 24.1. The lowest BCUT2D eigenvalue weighted by atomic mass is 9.90. The molecule has 1 aliphatic rings. The van der Waals surface area contributed by atoms with Crippen molar-refractivity contribution in [3.63, 3.8) is 0 Å². The Morgan fingerprint density at radius 3 is 2.74 bits per heavy atom. The fourth-order valence-electron chi connectivity index (χ4n) is 3.20. The highest BCUT2D eigenvalue weighted by Crippen LogP contribution is 2.29. The van der Waals surface area contributed by atoms with Crippen molar-refractivity contribution in [2.24, 2.45) is 13.0 Å². The Hall–Kier alpha value is -2.87. The Morgan fingerprint density at radius 2 is 2.07 bits per heavy atom. The number of hydrogen-bond acceptors (Lipinski definition) is 5. The average molecular weight is 371 g/mol. The third-order valence-electron chi connectivity index (χ3n) is 4.57. The molecule has 3 rings (SSSR count). The van der Waals surface area contributed by atoms with Crippen LogP contribution in [-0.2, 0) is 16.6 Å². The molecule has 0 aliphatic carbocycles. The van der Waals surface area contributed by atoms with Gasteiger partial charge in [0.2, 0.25) is 5.91 Å². The van der Waals surface area contributed by atoms with Crippen molar-refractivity contribution in [2.75, 3.05) is 31.6 Å². The molecule has 0 unspecified atom stereocenters. The van der Waals surface area contributed by atoms with E-state index in [4.69, 9.17) is 4.74 Å². The first-order chi connectivity index (χ1) is 13.1. The number of amides is 2. The number of ether oxygens (including phenoxy) is 1. The Morgan fingerprint density at radius 1 is 1.30 bits per heavy atom. The van der Waals surface area contributed by atoms with E-state index in [0.717, 1.165) is 12.1 Å². The molecule has 3 N–H and O–H groups in total. The van der Waals surface area contributed by atoms with Crippen molar-refractivity contribution in [3.8, 4) is 5.75 Å². The largest absolute Gasteiger partial charge is 0.484 e. The fraction of sp³-hybridized carbons (Fsp3) is 0.421. The van der Waals surface area contributed by atoms with Crippen LogP contribution < -0.4 is 20.7 Å². The molecule has 1 saturated heterocycles. The fourth-order valence-corrected chi connectivity index (χ4v) is 3.20. The number of nitrogens with one attached hydrogen (secondary N) is 3. The molecule has 0 bridgehead atoms. The highest BCUT2D eigenvalue weighted by atomic mass is 16.5. The van der Waals surface area contributed by atoms with Crippen LogP contribution >= 0.6 is 0 Å². The monoisotopic (exact) mass is 371 g/mol. The first-order valence-electron chi connectivity index (χ1n) is 9.06. The lowest BCUT2D eigenvalue weighted by molar-refractivity contribution is -0.123. The average Bonchev–Trinajstić information content (AvgIpc) is 3.30. The smallest absolute Gasteiger partial charge is 0.257 e. The molecule has 2 heterocycles. The number of aryl methyl sites for hydroxylation is 1. The lowest BCUT2D eigenvalue weighted by Crippen LogP contribution is -2.28. The van der Waals surface area contributed by atoms with Crippen molar-refractivity contribution in [1.82, 2.24) is 20.4 Å². The van der Waals surface area contributed by atoms with Crippen molar-refractivity contribution >= 4 is 17.5 Å². The van der Waals surface area contributed by atoms with E-state index in [2.05, 4.69) is 21.0 Å². The molecule has 0 spiro atoms. The van der Waals surface area contributed by atoms with E-state index in [9.17, 15) is 9.59 Å². The van der Waals surface area contributed by atoms with Gasteiger partial charge >= 0.3 is 0 Å². The number of hydrogen-bond donors (Lipinski definition) is 3. The molecule has 2 amide bonds. The van der Waals surface area contributed by atoms with Crippen LogP contribution in [0.3, 0.4) is 0 Å². The molecule has 144 valence electrons. The zero-order valence-electron chi connectivity index (χ0n) is 15.6. The van der Waals surface area contributed by atoms with Crippen LogP contribution in [-0.4, -0.2) is 47.8 Å². The van der Waals surface area contributed by atoms with Gasteiger partial charge in [0.25, 0.3) is 5.91 Å². The number of nitrogens with zero attached hydrogens (tertiary/aromatic N) is 2. The van der Waals surface area contributed by atoms with Crippen LogP contribution in [0.4, 0.5) is 5.69 Å². The molecule has 0 saturated carbocycles. The lowest BCUT2D eigenvalue weighted by Gasteiger charge is -2.17. The first kappa shape index (κ1) is 18.9. The summed E-state index contributed by atoms with van der Waals surface area (Å²) in [6.45, 7) is 3.80. The summed E-state index contributed by atoms with van der Waals surface area (Å²) < 4.78 is 7.17. The van der Waals surface area contributed by atoms with E-state index >= 15 is 0 Å². The maximum absolute atomic E-state index is 12.7. The predicted molar refractivity (Wildman–Crippen MR) is 102 cm³/mol. The summed E-state index contributed by atoms with van der Waals surface area (Å²) in [6, 6.07) is 7.01. The zero-order chi connectivity index (χ0) is 19.2. The standard InChI is InChI=1S/C19H25N5O3/c1-3-21-18(25)12-27-15-6-4-14(5-7-15)23-19(26)17-10-20-9-16(17)13-8-22-24(2)11-13/h4-8,11,16-17,20H,3,9-10,12H2,1-2H3,(H,21,25)(H,23,26)/t16-,17+/m1/s1. The van der Waals surface area contributed by atoms with Gasteiger partial charge in [0.1, 0.15) is 5.75 Å². The van der Waals surface area contributed by atoms with Gasteiger partial charge in [0.15, 0.2) is 6.61 Å². The van der Waals surface area contributed by atoms with Crippen molar-refractivity contribution in [1.29, 1.82) is 0 Å². The molecule has 1 aliphatic heterocycles. The number of likely N-dealkylation sites (N-methyl/N-ethyl adjacent to an activating group) is 1. The van der Waals surface area contributed by atoms with Crippen LogP contribution in [0.15, 0.2) is 36.7 Å². The first-order valence-corrected chi connectivity index (χ1v) is 9.06. The Labute approximate surface area is 158 Å². The normalized spacial score (nSPS) is 18.9. The van der Waals surface area contributed by atoms with E-state index in [0.29, 0.717) is 24.5 Å². The third-order valence-corrected chi connectivity index (χ3v) is 4.57. The van der Waals surface area contributed by atoms with E-state index in [-0.39, 0.29) is 30.3 Å². The SMILES string of the molecule is CCNC(=O)COc1ccc(NC(=O)[C@H]2CNC[C@@H]2c2cnn(C)c2)cc1. The molecule has 27 heavy (non-hydrogen) atoms. The summed E-state index contributed by atoms with van der Waals surface area (Å²) in [6.07, 6.45) is 3.78. The quantitative estimate of drug-likeness (QED) is 0.671. The van der Waals surface area contributed by atoms with Gasteiger partial charge in [-0.1, -0.05) is 0 Å². The summed E-state index contributed by atoms with van der Waals surface area (Å²) in [5.74, 6) is 0.353. The number of benzene rings is 1. The number of rotatable bonds is 7. The van der Waals surface area contributed by atoms with Gasteiger partial charge in [-0.3, -0.25) is 14.3 Å². The minimum Gasteiger partial charge on any atom is -0.484 e. The second kappa shape index (κ2) is 8.68. The molecule has 1 fully saturated rings. The Balaban J connectivity index is 1.56. The highest BCUT2D eigenvalue weighted by molar-refractivity contribution is 5.93. The number of carbonyl (C=O) groups is 2. The summed E-state index contributed by atoms with van der Waals surface area (Å²) in [5.41, 5.74) is 1.76.